The van der Waals surface area contributed by atoms with Crippen molar-refractivity contribution in [1.82, 2.24) is 10.6 Å². The lowest BCUT2D eigenvalue weighted by Gasteiger charge is -2.10. The molecule has 0 bridgehead atoms. The molecule has 0 atom stereocenters. The number of benzene rings is 1. The average Bonchev–Trinajstić information content (AvgIpc) is 2.38. The minimum atomic E-state index is -0.394. The van der Waals surface area contributed by atoms with Crippen molar-refractivity contribution in [1.29, 1.82) is 0 Å². The molecule has 1 aromatic rings. The van der Waals surface area contributed by atoms with Crippen molar-refractivity contribution in [2.24, 2.45) is 0 Å². The van der Waals surface area contributed by atoms with Crippen LogP contribution in [0.1, 0.15) is 12.5 Å². The van der Waals surface area contributed by atoms with Gasteiger partial charge < -0.3 is 16.0 Å². The third-order valence-electron chi connectivity index (χ3n) is 2.43. The molecule has 0 saturated heterocycles. The molecule has 0 aliphatic carbocycles. The molecule has 0 unspecified atom stereocenters. The maximum Gasteiger partial charge on any atom is 0.315 e. The van der Waals surface area contributed by atoms with Crippen molar-refractivity contribution in [3.63, 3.8) is 0 Å². The van der Waals surface area contributed by atoms with E-state index in [1.807, 2.05) is 32.0 Å². The number of carbonyl (C=O) groups is 2. The molecule has 0 saturated carbocycles. The van der Waals surface area contributed by atoms with Crippen molar-refractivity contribution in [2.45, 2.75) is 13.8 Å². The first-order valence-corrected chi connectivity index (χ1v) is 6.90. The van der Waals surface area contributed by atoms with E-state index in [1.54, 1.807) is 0 Å². The Morgan fingerprint density at radius 3 is 2.55 bits per heavy atom. The summed E-state index contributed by atoms with van der Waals surface area (Å²) in [5.74, 6) is -0.281. The van der Waals surface area contributed by atoms with E-state index in [1.165, 1.54) is 0 Å². The van der Waals surface area contributed by atoms with E-state index < -0.39 is 6.03 Å². The Hall–Kier alpha value is -1.82. The van der Waals surface area contributed by atoms with E-state index in [-0.39, 0.29) is 12.5 Å². The number of anilines is 1. The van der Waals surface area contributed by atoms with Crippen LogP contribution < -0.4 is 16.0 Å². The van der Waals surface area contributed by atoms with E-state index in [0.717, 1.165) is 15.6 Å². The van der Waals surface area contributed by atoms with Gasteiger partial charge in [-0.05, 0) is 31.5 Å². The molecule has 6 heteroatoms. The number of halogens is 1. The number of urea groups is 1. The van der Waals surface area contributed by atoms with E-state index >= 15 is 0 Å². The minimum absolute atomic E-state index is 0.0893. The fourth-order valence-corrected chi connectivity index (χ4v) is 1.74. The molecule has 0 aliphatic heterocycles. The standard InChI is InChI=1S/C14H18BrN3O2/c1-9(2)7-16-14(20)17-8-13(19)18-12-6-11(15)5-4-10(12)3/h4-6H,1,7-8H2,2-3H3,(H,18,19)(H2,16,17,20). The van der Waals surface area contributed by atoms with E-state index in [4.69, 9.17) is 0 Å². The molecule has 5 nitrogen and oxygen atoms in total. The minimum Gasteiger partial charge on any atom is -0.334 e. The zero-order valence-electron chi connectivity index (χ0n) is 11.5. The molecule has 1 aromatic carbocycles. The fourth-order valence-electron chi connectivity index (χ4n) is 1.38. The van der Waals surface area contributed by atoms with Crippen LogP contribution in [0.3, 0.4) is 0 Å². The normalized spacial score (nSPS) is 9.75. The van der Waals surface area contributed by atoms with Gasteiger partial charge >= 0.3 is 6.03 Å². The number of hydrogen-bond donors (Lipinski definition) is 3. The maximum absolute atomic E-state index is 11.7. The first-order valence-electron chi connectivity index (χ1n) is 6.10. The summed E-state index contributed by atoms with van der Waals surface area (Å²) in [6.45, 7) is 7.67. The molecule has 108 valence electrons. The molecule has 20 heavy (non-hydrogen) atoms. The first-order chi connectivity index (χ1) is 9.38. The highest BCUT2D eigenvalue weighted by molar-refractivity contribution is 9.10. The van der Waals surface area contributed by atoms with Crippen LogP contribution in [-0.4, -0.2) is 25.0 Å². The topological polar surface area (TPSA) is 70.2 Å². The summed E-state index contributed by atoms with van der Waals surface area (Å²) >= 11 is 3.34. The van der Waals surface area contributed by atoms with E-state index in [2.05, 4.69) is 38.5 Å². The molecular formula is C14H18BrN3O2. The lowest BCUT2D eigenvalue weighted by Crippen LogP contribution is -2.40. The monoisotopic (exact) mass is 339 g/mol. The summed E-state index contributed by atoms with van der Waals surface area (Å²) in [6, 6.07) is 5.21. The zero-order chi connectivity index (χ0) is 15.1. The van der Waals surface area contributed by atoms with Gasteiger partial charge in [-0.2, -0.15) is 0 Å². The molecule has 1 rings (SSSR count). The number of hydrogen-bond acceptors (Lipinski definition) is 2. The maximum atomic E-state index is 11.7. The van der Waals surface area contributed by atoms with Gasteiger partial charge in [0.05, 0.1) is 6.54 Å². The second-order valence-electron chi connectivity index (χ2n) is 4.50. The third-order valence-corrected chi connectivity index (χ3v) is 2.93. The Kier molecular flexibility index (Phi) is 6.24. The van der Waals surface area contributed by atoms with Crippen LogP contribution in [0.4, 0.5) is 10.5 Å². The Morgan fingerprint density at radius 2 is 1.90 bits per heavy atom. The van der Waals surface area contributed by atoms with Crippen LogP contribution in [0.15, 0.2) is 34.8 Å². The molecule has 0 aliphatic rings. The number of aryl methyl sites for hydroxylation is 1. The van der Waals surface area contributed by atoms with Gasteiger partial charge in [0.25, 0.3) is 0 Å². The lowest BCUT2D eigenvalue weighted by molar-refractivity contribution is -0.115. The van der Waals surface area contributed by atoms with E-state index in [9.17, 15) is 9.59 Å². The number of rotatable bonds is 5. The van der Waals surface area contributed by atoms with Crippen molar-refractivity contribution in [2.75, 3.05) is 18.4 Å². The number of nitrogens with one attached hydrogen (secondary N) is 3. The fraction of sp³-hybridized carbons (Fsp3) is 0.286. The van der Waals surface area contributed by atoms with Gasteiger partial charge in [0.1, 0.15) is 0 Å². The van der Waals surface area contributed by atoms with Crippen LogP contribution in [0.25, 0.3) is 0 Å². The van der Waals surface area contributed by atoms with Crippen LogP contribution >= 0.6 is 15.9 Å². The second kappa shape index (κ2) is 7.69. The summed E-state index contributed by atoms with van der Waals surface area (Å²) in [5, 5.41) is 7.80. The quantitative estimate of drug-likeness (QED) is 0.721. The highest BCUT2D eigenvalue weighted by Crippen LogP contribution is 2.20. The Morgan fingerprint density at radius 1 is 1.25 bits per heavy atom. The summed E-state index contributed by atoms with van der Waals surface area (Å²) in [6.07, 6.45) is 0. The molecule has 0 spiro atoms. The Bertz CT molecular complexity index is 529. The predicted octanol–water partition coefficient (Wildman–Crippen LogP) is 2.57. The second-order valence-corrected chi connectivity index (χ2v) is 5.42. The van der Waals surface area contributed by atoms with Crippen molar-refractivity contribution >= 4 is 33.6 Å². The van der Waals surface area contributed by atoms with Crippen LogP contribution in [0.5, 0.6) is 0 Å². The summed E-state index contributed by atoms with van der Waals surface area (Å²) in [4.78, 5) is 23.1. The van der Waals surface area contributed by atoms with Gasteiger partial charge in [0, 0.05) is 16.7 Å². The lowest BCUT2D eigenvalue weighted by atomic mass is 10.2. The Balaban J connectivity index is 2.42. The van der Waals surface area contributed by atoms with E-state index in [0.29, 0.717) is 12.2 Å². The van der Waals surface area contributed by atoms with Gasteiger partial charge in [-0.25, -0.2) is 4.79 Å². The molecule has 0 aromatic heterocycles. The van der Waals surface area contributed by atoms with Crippen LogP contribution in [-0.2, 0) is 4.79 Å². The number of amides is 3. The predicted molar refractivity (Wildman–Crippen MR) is 83.7 cm³/mol. The van der Waals surface area contributed by atoms with Gasteiger partial charge in [0.15, 0.2) is 0 Å². The molecule has 0 heterocycles. The highest BCUT2D eigenvalue weighted by atomic mass is 79.9. The molecular weight excluding hydrogens is 322 g/mol. The summed E-state index contributed by atoms with van der Waals surface area (Å²) < 4.78 is 0.880. The zero-order valence-corrected chi connectivity index (χ0v) is 13.1. The summed E-state index contributed by atoms with van der Waals surface area (Å²) in [5.41, 5.74) is 2.51. The van der Waals surface area contributed by atoms with Gasteiger partial charge in [0.2, 0.25) is 5.91 Å². The number of carbonyl (C=O) groups excluding carboxylic acids is 2. The van der Waals surface area contributed by atoms with Crippen molar-refractivity contribution in [3.05, 3.63) is 40.4 Å². The molecule has 3 amide bonds. The SMILES string of the molecule is C=C(C)CNC(=O)NCC(=O)Nc1cc(Br)ccc1C. The highest BCUT2D eigenvalue weighted by Gasteiger charge is 2.07. The van der Waals surface area contributed by atoms with Crippen molar-refractivity contribution < 1.29 is 9.59 Å². The first kappa shape index (κ1) is 16.2. The van der Waals surface area contributed by atoms with Crippen molar-refractivity contribution in [3.8, 4) is 0 Å². The molecule has 0 radical (unpaired) electrons. The summed E-state index contributed by atoms with van der Waals surface area (Å²) in [7, 11) is 0. The van der Waals surface area contributed by atoms with Gasteiger partial charge in [-0.3, -0.25) is 4.79 Å². The van der Waals surface area contributed by atoms with Gasteiger partial charge in [-0.1, -0.05) is 34.1 Å². The molecule has 0 fully saturated rings. The smallest absolute Gasteiger partial charge is 0.315 e. The van der Waals surface area contributed by atoms with Crippen LogP contribution in [0.2, 0.25) is 0 Å². The van der Waals surface area contributed by atoms with Crippen LogP contribution in [0, 0.1) is 6.92 Å². The van der Waals surface area contributed by atoms with Gasteiger partial charge in [-0.15, -0.1) is 0 Å². The molecule has 3 N–H and O–H groups in total. The third kappa shape index (κ3) is 5.88. The largest absolute Gasteiger partial charge is 0.334 e. The Labute approximate surface area is 127 Å². The average molecular weight is 340 g/mol.